The van der Waals surface area contributed by atoms with Crippen LogP contribution in [0.3, 0.4) is 0 Å². The summed E-state index contributed by atoms with van der Waals surface area (Å²) in [5, 5.41) is 2.81. The van der Waals surface area contributed by atoms with Crippen LogP contribution in [0.25, 0.3) is 0 Å². The number of piperazine rings is 1. The molecule has 1 aliphatic heterocycles. The predicted octanol–water partition coefficient (Wildman–Crippen LogP) is 2.03. The first-order valence-corrected chi connectivity index (χ1v) is 6.85. The molecule has 0 radical (unpaired) electrons. The number of hydrogen-bond acceptors (Lipinski definition) is 2. The standard InChI is InChI=1S/C13H21ClN2O2/c1-4-6-10-13(18)16(8-9(3)7-14)11(5-2)12(17)15-10/h7,10-11H,4-6,8H2,1-3H3,(H,15,17). The normalized spacial score (nSPS) is 25.3. The highest BCUT2D eigenvalue weighted by Gasteiger charge is 2.38. The molecule has 4 nitrogen and oxygen atoms in total. The van der Waals surface area contributed by atoms with Gasteiger partial charge >= 0.3 is 0 Å². The van der Waals surface area contributed by atoms with E-state index in [0.717, 1.165) is 12.0 Å². The van der Waals surface area contributed by atoms with Gasteiger partial charge in [-0.25, -0.2) is 0 Å². The molecular formula is C13H21ClN2O2. The number of rotatable bonds is 5. The molecule has 102 valence electrons. The molecule has 0 bridgehead atoms. The Labute approximate surface area is 113 Å². The van der Waals surface area contributed by atoms with E-state index in [-0.39, 0.29) is 23.9 Å². The highest BCUT2D eigenvalue weighted by Crippen LogP contribution is 2.17. The van der Waals surface area contributed by atoms with Crippen LogP contribution in [0.1, 0.15) is 40.0 Å². The van der Waals surface area contributed by atoms with Crippen LogP contribution < -0.4 is 5.32 Å². The molecule has 18 heavy (non-hydrogen) atoms. The first-order chi connectivity index (χ1) is 8.54. The second kappa shape index (κ2) is 6.78. The Balaban J connectivity index is 2.90. The van der Waals surface area contributed by atoms with E-state index in [1.54, 1.807) is 4.90 Å². The van der Waals surface area contributed by atoms with Gasteiger partial charge < -0.3 is 10.2 Å². The van der Waals surface area contributed by atoms with Crippen LogP contribution in [0, 0.1) is 0 Å². The number of carbonyl (C=O) groups excluding carboxylic acids is 2. The molecule has 2 atom stereocenters. The number of amides is 2. The lowest BCUT2D eigenvalue weighted by molar-refractivity contribution is -0.149. The molecule has 2 unspecified atom stereocenters. The predicted molar refractivity (Wildman–Crippen MR) is 72.2 cm³/mol. The van der Waals surface area contributed by atoms with Crippen molar-refractivity contribution in [2.24, 2.45) is 0 Å². The van der Waals surface area contributed by atoms with Gasteiger partial charge in [-0.2, -0.15) is 0 Å². The molecule has 0 spiro atoms. The fourth-order valence-electron chi connectivity index (χ4n) is 2.21. The van der Waals surface area contributed by atoms with Crippen molar-refractivity contribution >= 4 is 23.4 Å². The van der Waals surface area contributed by atoms with Crippen molar-refractivity contribution in [2.45, 2.75) is 52.1 Å². The van der Waals surface area contributed by atoms with Crippen molar-refractivity contribution in [2.75, 3.05) is 6.54 Å². The topological polar surface area (TPSA) is 49.4 Å². The third-order valence-corrected chi connectivity index (χ3v) is 3.52. The van der Waals surface area contributed by atoms with Crippen LogP contribution in [-0.4, -0.2) is 35.3 Å². The summed E-state index contributed by atoms with van der Waals surface area (Å²) in [6.45, 7) is 6.19. The van der Waals surface area contributed by atoms with Gasteiger partial charge in [0.1, 0.15) is 12.1 Å². The van der Waals surface area contributed by atoms with Crippen molar-refractivity contribution in [1.82, 2.24) is 10.2 Å². The van der Waals surface area contributed by atoms with Gasteiger partial charge in [-0.15, -0.1) is 0 Å². The van der Waals surface area contributed by atoms with E-state index in [0.29, 0.717) is 19.4 Å². The Morgan fingerprint density at radius 3 is 2.61 bits per heavy atom. The SMILES string of the molecule is CCCC1NC(=O)C(CC)N(CC(C)=CCl)C1=O. The average molecular weight is 273 g/mol. The summed E-state index contributed by atoms with van der Waals surface area (Å²) in [7, 11) is 0. The summed E-state index contributed by atoms with van der Waals surface area (Å²) in [5.41, 5.74) is 2.34. The molecular weight excluding hydrogens is 252 g/mol. The third-order valence-electron chi connectivity index (χ3n) is 3.15. The summed E-state index contributed by atoms with van der Waals surface area (Å²) in [6.07, 6.45) is 2.17. The van der Waals surface area contributed by atoms with Gasteiger partial charge in [-0.3, -0.25) is 9.59 Å². The third kappa shape index (κ3) is 3.25. The zero-order valence-electron chi connectivity index (χ0n) is 11.2. The number of nitrogens with one attached hydrogen (secondary N) is 1. The second-order valence-corrected chi connectivity index (χ2v) is 4.91. The van der Waals surface area contributed by atoms with Crippen molar-refractivity contribution in [1.29, 1.82) is 0 Å². The molecule has 0 aromatic carbocycles. The lowest BCUT2D eigenvalue weighted by Gasteiger charge is -2.38. The van der Waals surface area contributed by atoms with Crippen molar-refractivity contribution in [3.8, 4) is 0 Å². The highest BCUT2D eigenvalue weighted by atomic mass is 35.5. The smallest absolute Gasteiger partial charge is 0.246 e. The van der Waals surface area contributed by atoms with Gasteiger partial charge in [0.05, 0.1) is 0 Å². The minimum absolute atomic E-state index is 0.00108. The van der Waals surface area contributed by atoms with E-state index in [2.05, 4.69) is 5.32 Å². The highest BCUT2D eigenvalue weighted by molar-refractivity contribution is 6.25. The number of carbonyl (C=O) groups is 2. The Hall–Kier alpha value is -1.03. The average Bonchev–Trinajstić information content (AvgIpc) is 2.35. The maximum absolute atomic E-state index is 12.3. The number of halogens is 1. The zero-order valence-corrected chi connectivity index (χ0v) is 12.0. The molecule has 0 aromatic rings. The van der Waals surface area contributed by atoms with E-state index >= 15 is 0 Å². The molecule has 1 N–H and O–H groups in total. The largest absolute Gasteiger partial charge is 0.343 e. The fourth-order valence-corrected chi connectivity index (χ4v) is 2.28. The van der Waals surface area contributed by atoms with E-state index in [1.807, 2.05) is 20.8 Å². The Morgan fingerprint density at radius 1 is 1.44 bits per heavy atom. The lowest BCUT2D eigenvalue weighted by atomic mass is 10.0. The maximum atomic E-state index is 12.3. The van der Waals surface area contributed by atoms with Crippen LogP contribution >= 0.6 is 11.6 Å². The van der Waals surface area contributed by atoms with Crippen LogP contribution in [0.5, 0.6) is 0 Å². The molecule has 1 rings (SSSR count). The molecule has 1 fully saturated rings. The molecule has 0 aliphatic carbocycles. The van der Waals surface area contributed by atoms with Gasteiger partial charge in [0, 0.05) is 12.1 Å². The van der Waals surface area contributed by atoms with Crippen LogP contribution in [0.15, 0.2) is 11.1 Å². The van der Waals surface area contributed by atoms with Crippen molar-refractivity contribution in [3.63, 3.8) is 0 Å². The molecule has 5 heteroatoms. The molecule has 2 amide bonds. The summed E-state index contributed by atoms with van der Waals surface area (Å²) in [6, 6.07) is -0.759. The monoisotopic (exact) mass is 272 g/mol. The van der Waals surface area contributed by atoms with Gasteiger partial charge in [0.2, 0.25) is 11.8 Å². The maximum Gasteiger partial charge on any atom is 0.246 e. The second-order valence-electron chi connectivity index (χ2n) is 4.70. The summed E-state index contributed by atoms with van der Waals surface area (Å²) in [4.78, 5) is 25.9. The van der Waals surface area contributed by atoms with Crippen LogP contribution in [0.2, 0.25) is 0 Å². The van der Waals surface area contributed by atoms with Gasteiger partial charge in [0.15, 0.2) is 0 Å². The van der Waals surface area contributed by atoms with E-state index in [4.69, 9.17) is 11.6 Å². The molecule has 0 aromatic heterocycles. The fraction of sp³-hybridized carbons (Fsp3) is 0.692. The number of hydrogen-bond donors (Lipinski definition) is 1. The quantitative estimate of drug-likeness (QED) is 0.833. The summed E-state index contributed by atoms with van der Waals surface area (Å²) in [5.74, 6) is -0.0564. The molecule has 0 saturated carbocycles. The van der Waals surface area contributed by atoms with E-state index < -0.39 is 0 Å². The minimum atomic E-state index is -0.381. The summed E-state index contributed by atoms with van der Waals surface area (Å²) >= 11 is 5.64. The minimum Gasteiger partial charge on any atom is -0.343 e. The Bertz CT molecular complexity index is 355. The van der Waals surface area contributed by atoms with Gasteiger partial charge in [-0.1, -0.05) is 31.9 Å². The zero-order chi connectivity index (χ0) is 13.7. The van der Waals surface area contributed by atoms with Crippen LogP contribution in [0.4, 0.5) is 0 Å². The van der Waals surface area contributed by atoms with E-state index in [1.165, 1.54) is 5.54 Å². The molecule has 1 heterocycles. The lowest BCUT2D eigenvalue weighted by Crippen LogP contribution is -2.63. The van der Waals surface area contributed by atoms with Crippen LogP contribution in [-0.2, 0) is 9.59 Å². The Kier molecular flexibility index (Phi) is 5.66. The summed E-state index contributed by atoms with van der Waals surface area (Å²) < 4.78 is 0. The van der Waals surface area contributed by atoms with Gasteiger partial charge in [-0.05, 0) is 25.3 Å². The van der Waals surface area contributed by atoms with Gasteiger partial charge in [0.25, 0.3) is 0 Å². The first kappa shape index (κ1) is 15.0. The first-order valence-electron chi connectivity index (χ1n) is 6.41. The molecule has 1 aliphatic rings. The van der Waals surface area contributed by atoms with Crippen molar-refractivity contribution in [3.05, 3.63) is 11.1 Å². The molecule has 1 saturated heterocycles. The number of nitrogens with zero attached hydrogens (tertiary/aromatic N) is 1. The van der Waals surface area contributed by atoms with E-state index in [9.17, 15) is 9.59 Å². The Morgan fingerprint density at radius 2 is 2.11 bits per heavy atom. The van der Waals surface area contributed by atoms with Crippen molar-refractivity contribution < 1.29 is 9.59 Å².